The molecular formula is C38H42F3O3P2RhS-. The van der Waals surface area contributed by atoms with Crippen LogP contribution in [0.5, 0.6) is 0 Å². The van der Waals surface area contributed by atoms with Crippen molar-refractivity contribution in [1.29, 1.82) is 0 Å². The first-order valence-electron chi connectivity index (χ1n) is 15.6. The van der Waals surface area contributed by atoms with E-state index in [1.165, 1.54) is 53.3 Å². The van der Waals surface area contributed by atoms with Gasteiger partial charge in [-0.1, -0.05) is 159 Å². The Hall–Kier alpha value is -2.46. The second-order valence-corrected chi connectivity index (χ2v) is 17.7. The number of allylic oxidation sites excluding steroid dienone is 4. The molecule has 0 heterocycles. The number of benzene rings is 4. The Balaban J connectivity index is 0.000000388. The molecule has 5 rings (SSSR count). The summed E-state index contributed by atoms with van der Waals surface area (Å²) in [5.74, 6) is 0. The average Bonchev–Trinajstić information content (AvgIpc) is 3.03. The molecule has 0 bridgehead atoms. The molecule has 1 aliphatic carbocycles. The van der Waals surface area contributed by atoms with E-state index in [4.69, 9.17) is 13.0 Å². The minimum atomic E-state index is -6.09. The molecule has 4 aromatic rings. The van der Waals surface area contributed by atoms with Crippen LogP contribution in [0.3, 0.4) is 0 Å². The summed E-state index contributed by atoms with van der Waals surface area (Å²) in [6.07, 6.45) is 15.2. The van der Waals surface area contributed by atoms with Gasteiger partial charge in [0.15, 0.2) is 10.1 Å². The Kier molecular flexibility index (Phi) is 18.8. The van der Waals surface area contributed by atoms with Crippen LogP contribution < -0.4 is 21.2 Å². The first-order chi connectivity index (χ1) is 22.5. The summed E-state index contributed by atoms with van der Waals surface area (Å²) in [6, 6.07) is 44.5. The number of rotatable bonds is 8. The summed E-state index contributed by atoms with van der Waals surface area (Å²) in [4.78, 5) is 0. The summed E-state index contributed by atoms with van der Waals surface area (Å²) in [6.45, 7) is 4.93. The van der Waals surface area contributed by atoms with E-state index in [0.29, 0.717) is 11.3 Å². The van der Waals surface area contributed by atoms with E-state index >= 15 is 0 Å². The van der Waals surface area contributed by atoms with E-state index in [1.54, 1.807) is 0 Å². The Morgan fingerprint density at radius 1 is 0.562 bits per heavy atom. The first kappa shape index (κ1) is 41.7. The largest absolute Gasteiger partial charge is 0.741 e. The van der Waals surface area contributed by atoms with Crippen LogP contribution in [0.15, 0.2) is 146 Å². The Morgan fingerprint density at radius 2 is 0.771 bits per heavy atom. The molecule has 0 aromatic heterocycles. The van der Waals surface area contributed by atoms with Crippen molar-refractivity contribution in [3.8, 4) is 0 Å². The third-order valence-corrected chi connectivity index (χ3v) is 13.5. The van der Waals surface area contributed by atoms with E-state index in [2.05, 4.69) is 159 Å². The monoisotopic (exact) mass is 800 g/mol. The normalized spacial score (nSPS) is 14.2. The molecule has 2 atom stereocenters. The number of hydrogen-bond donors (Lipinski definition) is 0. The van der Waals surface area contributed by atoms with Crippen LogP contribution >= 0.6 is 15.8 Å². The van der Waals surface area contributed by atoms with Gasteiger partial charge in [0.25, 0.3) is 0 Å². The average molecular weight is 801 g/mol. The third kappa shape index (κ3) is 14.2. The maximum Gasteiger partial charge on any atom is 0.485 e. The number of hydrogen-bond acceptors (Lipinski definition) is 3. The van der Waals surface area contributed by atoms with Gasteiger partial charge in [-0.05, 0) is 80.5 Å². The summed E-state index contributed by atoms with van der Waals surface area (Å²) in [5, 5.41) is 5.92. The van der Waals surface area contributed by atoms with Gasteiger partial charge in [0, 0.05) is 19.5 Å². The fourth-order valence-corrected chi connectivity index (χ4v) is 11.1. The van der Waals surface area contributed by atoms with Gasteiger partial charge in [-0.3, -0.25) is 0 Å². The molecule has 48 heavy (non-hydrogen) atoms. The molecule has 0 aliphatic heterocycles. The van der Waals surface area contributed by atoms with Crippen molar-refractivity contribution in [3.05, 3.63) is 146 Å². The van der Waals surface area contributed by atoms with Crippen molar-refractivity contribution >= 4 is 47.2 Å². The van der Waals surface area contributed by atoms with Crippen molar-refractivity contribution in [2.75, 3.05) is 0 Å². The molecule has 259 valence electrons. The number of alkyl halides is 3. The number of halogens is 3. The maximum atomic E-state index is 10.7. The molecule has 0 N–H and O–H groups in total. The SMILES string of the molecule is C1=CCCC=CCC1.C[C@@H](C[C@H](C)P(c1ccccc1)c1ccccc1)P(c1ccccc1)c1ccccc1.O=S(=O)([O-])C(F)(F)F.[Rh]. The summed E-state index contributed by atoms with van der Waals surface area (Å²) >= 11 is 0. The Bertz CT molecular complexity index is 1420. The summed E-state index contributed by atoms with van der Waals surface area (Å²) < 4.78 is 58.9. The van der Waals surface area contributed by atoms with Gasteiger partial charge in [0.1, 0.15) is 0 Å². The fourth-order valence-electron chi connectivity index (χ4n) is 5.23. The van der Waals surface area contributed by atoms with E-state index in [0.717, 1.165) is 0 Å². The zero-order valence-electron chi connectivity index (χ0n) is 27.0. The first-order valence-corrected chi connectivity index (χ1v) is 19.8. The van der Waals surface area contributed by atoms with Gasteiger partial charge >= 0.3 is 5.51 Å². The van der Waals surface area contributed by atoms with E-state index in [-0.39, 0.29) is 19.5 Å². The van der Waals surface area contributed by atoms with E-state index in [1.807, 2.05) is 0 Å². The topological polar surface area (TPSA) is 57.2 Å². The molecule has 0 unspecified atom stereocenters. The molecule has 0 spiro atoms. The van der Waals surface area contributed by atoms with Crippen molar-refractivity contribution in [1.82, 2.24) is 0 Å². The summed E-state index contributed by atoms with van der Waals surface area (Å²) in [7, 11) is -6.88. The van der Waals surface area contributed by atoms with Gasteiger partial charge in [-0.15, -0.1) is 0 Å². The van der Waals surface area contributed by atoms with E-state index in [9.17, 15) is 13.2 Å². The zero-order valence-corrected chi connectivity index (χ0v) is 31.3. The molecule has 10 heteroatoms. The third-order valence-electron chi connectivity index (χ3n) is 7.32. The van der Waals surface area contributed by atoms with Gasteiger partial charge in [-0.25, -0.2) is 8.42 Å². The predicted molar refractivity (Wildman–Crippen MR) is 194 cm³/mol. The Morgan fingerprint density at radius 3 is 0.958 bits per heavy atom. The van der Waals surface area contributed by atoms with Gasteiger partial charge in [0.2, 0.25) is 0 Å². The van der Waals surface area contributed by atoms with Crippen molar-refractivity contribution < 1.29 is 45.6 Å². The van der Waals surface area contributed by atoms with Crippen molar-refractivity contribution in [3.63, 3.8) is 0 Å². The molecule has 3 nitrogen and oxygen atoms in total. The molecule has 0 saturated carbocycles. The van der Waals surface area contributed by atoms with Crippen LogP contribution in [0.2, 0.25) is 0 Å². The smallest absolute Gasteiger partial charge is 0.485 e. The second kappa shape index (κ2) is 21.6. The van der Waals surface area contributed by atoms with Crippen LogP contribution in [-0.2, 0) is 29.6 Å². The summed E-state index contributed by atoms with van der Waals surface area (Å²) in [5.41, 5.74) is -4.44. The molecule has 0 amide bonds. The molecular weight excluding hydrogens is 758 g/mol. The van der Waals surface area contributed by atoms with Gasteiger partial charge in [0.05, 0.1) is 0 Å². The maximum absolute atomic E-state index is 10.7. The predicted octanol–water partition coefficient (Wildman–Crippen LogP) is 9.14. The van der Waals surface area contributed by atoms with Gasteiger partial charge < -0.3 is 4.55 Å². The fraction of sp³-hybridized carbons (Fsp3) is 0.263. The van der Waals surface area contributed by atoms with Crippen LogP contribution in [0.4, 0.5) is 13.2 Å². The zero-order chi connectivity index (χ0) is 34.1. The molecule has 0 saturated heterocycles. The van der Waals surface area contributed by atoms with Crippen LogP contribution in [0.1, 0.15) is 46.0 Å². The van der Waals surface area contributed by atoms with Crippen LogP contribution in [0.25, 0.3) is 0 Å². The molecule has 0 fully saturated rings. The molecule has 1 aliphatic rings. The van der Waals surface area contributed by atoms with E-state index < -0.39 is 31.5 Å². The van der Waals surface area contributed by atoms with Crippen molar-refractivity contribution in [2.24, 2.45) is 0 Å². The van der Waals surface area contributed by atoms with Crippen LogP contribution in [-0.4, -0.2) is 29.8 Å². The van der Waals surface area contributed by atoms with Gasteiger partial charge in [-0.2, -0.15) is 13.2 Å². The van der Waals surface area contributed by atoms with Crippen LogP contribution in [0, 0.1) is 0 Å². The molecule has 1 radical (unpaired) electrons. The molecule has 4 aromatic carbocycles. The Labute approximate surface area is 299 Å². The quantitative estimate of drug-likeness (QED) is 0.0588. The minimum absolute atomic E-state index is 0. The minimum Gasteiger partial charge on any atom is -0.741 e. The standard InChI is InChI=1S/C29H30P2.C8H12.CHF3O3S.Rh/c1-24(30(26-15-7-3-8-16-26)27-17-9-4-10-18-27)23-25(2)31(28-19-11-5-12-20-28)29-21-13-6-14-22-29;1-2-4-6-8-7-5-3-1;2-1(3,4)8(5,6)7;/h3-22,24-25H,23H2,1-2H3;1-2,7-8H,3-6H2;(H,5,6,7);/p-1/t24-,25-;;;/m0.../s1. The van der Waals surface area contributed by atoms with Crippen molar-refractivity contribution in [2.45, 2.75) is 62.8 Å². The second-order valence-electron chi connectivity index (χ2n) is 11.0.